The number of rotatable bonds is 6. The van der Waals surface area contributed by atoms with Crippen LogP contribution in [0.4, 0.5) is 0 Å². The summed E-state index contributed by atoms with van der Waals surface area (Å²) < 4.78 is 0. The van der Waals surface area contributed by atoms with E-state index < -0.39 is 0 Å². The van der Waals surface area contributed by atoms with Gasteiger partial charge in [-0.2, -0.15) is 0 Å². The molecular weight excluding hydrogens is 757 g/mol. The third-order valence-electron chi connectivity index (χ3n) is 16.4. The molecule has 63 heavy (non-hydrogen) atoms. The van der Waals surface area contributed by atoms with Crippen LogP contribution < -0.4 is 0 Å². The fourth-order valence-corrected chi connectivity index (χ4v) is 13.0. The van der Waals surface area contributed by atoms with Gasteiger partial charge in [0.25, 0.3) is 0 Å². The number of benzene rings is 12. The van der Waals surface area contributed by atoms with Crippen LogP contribution in [0, 0.1) is 0 Å². The zero-order valence-corrected chi connectivity index (χ0v) is 37.1. The monoisotopic (exact) mass is 806 g/mol. The maximum absolute atomic E-state index is 2.60. The Bertz CT molecular complexity index is 3520. The maximum atomic E-state index is 2.60. The lowest BCUT2D eigenvalue weighted by molar-refractivity contribution is 0.487. The van der Waals surface area contributed by atoms with E-state index in [1.54, 1.807) is 0 Å². The SMILES string of the molecule is CCC1(CC)c2cc(C(C)(C)c3ccc4c5cccc6cccc(c7cccc3c74)c65)ccc2-c2ccc(C(C)(C)c3ccc4c5cccc6cccc(c7cccc3c74)c65)cc21. The van der Waals surface area contributed by atoms with Crippen molar-refractivity contribution in [2.75, 3.05) is 0 Å². The summed E-state index contributed by atoms with van der Waals surface area (Å²) in [4.78, 5) is 0. The quantitative estimate of drug-likeness (QED) is 0.116. The Labute approximate surface area is 369 Å². The zero-order valence-electron chi connectivity index (χ0n) is 37.1. The van der Waals surface area contributed by atoms with Crippen LogP contribution in [0.25, 0.3) is 97.3 Å². The second-order valence-corrected chi connectivity index (χ2v) is 19.8. The smallest absolute Gasteiger partial charge is 0.0210 e. The van der Waals surface area contributed by atoms with Crippen molar-refractivity contribution in [1.29, 1.82) is 0 Å². The molecule has 13 rings (SSSR count). The van der Waals surface area contributed by atoms with Gasteiger partial charge < -0.3 is 0 Å². The van der Waals surface area contributed by atoms with Gasteiger partial charge in [0.15, 0.2) is 0 Å². The number of hydrogen-bond donors (Lipinski definition) is 0. The van der Waals surface area contributed by atoms with Gasteiger partial charge in [-0.3, -0.25) is 0 Å². The van der Waals surface area contributed by atoms with Gasteiger partial charge in [0.2, 0.25) is 0 Å². The first-order valence-corrected chi connectivity index (χ1v) is 23.1. The summed E-state index contributed by atoms with van der Waals surface area (Å²) in [6, 6.07) is 65.7. The summed E-state index contributed by atoms with van der Waals surface area (Å²) in [5.41, 5.74) is 10.7. The van der Waals surface area contributed by atoms with Gasteiger partial charge in [-0.25, -0.2) is 0 Å². The maximum Gasteiger partial charge on any atom is 0.0210 e. The average molecular weight is 807 g/mol. The Morgan fingerprint density at radius 2 is 0.651 bits per heavy atom. The van der Waals surface area contributed by atoms with Crippen LogP contribution in [0.3, 0.4) is 0 Å². The van der Waals surface area contributed by atoms with Crippen molar-refractivity contribution in [2.45, 2.75) is 70.6 Å². The van der Waals surface area contributed by atoms with E-state index in [-0.39, 0.29) is 16.2 Å². The first-order valence-electron chi connectivity index (χ1n) is 23.1. The molecule has 1 aliphatic carbocycles. The Hall–Kier alpha value is -6.76. The lowest BCUT2D eigenvalue weighted by atomic mass is 9.69. The third-order valence-corrected chi connectivity index (χ3v) is 16.4. The van der Waals surface area contributed by atoms with E-state index in [2.05, 4.69) is 211 Å². The molecule has 302 valence electrons. The molecule has 0 saturated carbocycles. The summed E-state index contributed by atoms with van der Waals surface area (Å²) in [5, 5.41) is 21.6. The fourth-order valence-electron chi connectivity index (χ4n) is 13.0. The van der Waals surface area contributed by atoms with Crippen molar-refractivity contribution < 1.29 is 0 Å². The predicted octanol–water partition coefficient (Wildman–Crippen LogP) is 17.5. The molecule has 0 N–H and O–H groups in total. The van der Waals surface area contributed by atoms with Gasteiger partial charge in [0, 0.05) is 16.2 Å². The van der Waals surface area contributed by atoms with Gasteiger partial charge in [0.05, 0.1) is 0 Å². The summed E-state index contributed by atoms with van der Waals surface area (Å²) in [6.07, 6.45) is 2.10. The van der Waals surface area contributed by atoms with Crippen LogP contribution >= 0.6 is 0 Å². The van der Waals surface area contributed by atoms with Crippen molar-refractivity contribution in [3.8, 4) is 11.1 Å². The van der Waals surface area contributed by atoms with Gasteiger partial charge in [0.1, 0.15) is 0 Å². The Balaban J connectivity index is 0.944. The molecule has 0 aliphatic heterocycles. The minimum absolute atomic E-state index is 0.0759. The van der Waals surface area contributed by atoms with E-state index in [4.69, 9.17) is 0 Å². The van der Waals surface area contributed by atoms with E-state index in [0.29, 0.717) is 0 Å². The molecule has 1 aliphatic rings. The van der Waals surface area contributed by atoms with Crippen molar-refractivity contribution in [3.05, 3.63) is 203 Å². The summed E-state index contributed by atoms with van der Waals surface area (Å²) in [5.74, 6) is 0. The first kappa shape index (κ1) is 36.9. The van der Waals surface area contributed by atoms with Crippen molar-refractivity contribution in [2.24, 2.45) is 0 Å². The normalized spacial score (nSPS) is 14.1. The molecule has 0 unspecified atom stereocenters. The van der Waals surface area contributed by atoms with Crippen LogP contribution in [0.15, 0.2) is 170 Å². The Kier molecular flexibility index (Phi) is 7.41. The van der Waals surface area contributed by atoms with Crippen molar-refractivity contribution >= 4 is 86.2 Å². The molecule has 0 amide bonds. The van der Waals surface area contributed by atoms with Gasteiger partial charge in [-0.05, 0) is 144 Å². The highest BCUT2D eigenvalue weighted by atomic mass is 14.5. The molecule has 0 atom stereocenters. The summed E-state index contributed by atoms with van der Waals surface area (Å²) in [6.45, 7) is 14.6. The minimum atomic E-state index is -0.231. The molecule has 0 heterocycles. The van der Waals surface area contributed by atoms with Crippen molar-refractivity contribution in [1.82, 2.24) is 0 Å². The fraction of sp³-hybridized carbons (Fsp3) is 0.175. The lowest BCUT2D eigenvalue weighted by Gasteiger charge is -2.34. The number of hydrogen-bond acceptors (Lipinski definition) is 0. The van der Waals surface area contributed by atoms with Gasteiger partial charge in [-0.1, -0.05) is 211 Å². The zero-order chi connectivity index (χ0) is 42.6. The van der Waals surface area contributed by atoms with Crippen LogP contribution in [0.5, 0.6) is 0 Å². The Morgan fingerprint density at radius 3 is 1.02 bits per heavy atom. The summed E-state index contributed by atoms with van der Waals surface area (Å²) >= 11 is 0. The highest BCUT2D eigenvalue weighted by Crippen LogP contribution is 2.56. The molecule has 12 aromatic carbocycles. The highest BCUT2D eigenvalue weighted by molar-refractivity contribution is 6.34. The largest absolute Gasteiger partial charge is 0.0642 e. The average Bonchev–Trinajstić information content (AvgIpc) is 3.60. The van der Waals surface area contributed by atoms with E-state index in [1.165, 1.54) is 131 Å². The first-order chi connectivity index (χ1) is 30.7. The molecule has 12 aromatic rings. The third kappa shape index (κ3) is 4.66. The van der Waals surface area contributed by atoms with E-state index >= 15 is 0 Å². The van der Waals surface area contributed by atoms with E-state index in [9.17, 15) is 0 Å². The van der Waals surface area contributed by atoms with Crippen molar-refractivity contribution in [3.63, 3.8) is 0 Å². The molecule has 0 spiro atoms. The second kappa shape index (κ2) is 12.7. The van der Waals surface area contributed by atoms with Crippen LogP contribution in [-0.2, 0) is 16.2 Å². The standard InChI is InChI=1S/C63H50/c1-7-63(8-2)55-35-39(61(3,4)53-33-31-49-45-21-11-17-37-15-9-19-43(57(37)45)47-23-13-25-51(53)59(47)49)27-29-41(55)42-30-28-40(36-56(42)63)62(5,6)54-34-32-50-46-22-12-18-38-16-10-20-44(58(38)46)48-24-14-26-52(54)60(48)50/h9-36H,7-8H2,1-6H3. The number of fused-ring (bicyclic) bond motifs is 7. The Morgan fingerprint density at radius 1 is 0.333 bits per heavy atom. The topological polar surface area (TPSA) is 0 Å². The molecule has 0 aromatic heterocycles. The molecule has 0 bridgehead atoms. The van der Waals surface area contributed by atoms with Crippen LogP contribution in [-0.4, -0.2) is 0 Å². The predicted molar refractivity (Wildman–Crippen MR) is 273 cm³/mol. The van der Waals surface area contributed by atoms with Crippen LogP contribution in [0.1, 0.15) is 87.8 Å². The molecule has 0 nitrogen and oxygen atoms in total. The molecule has 0 fully saturated rings. The van der Waals surface area contributed by atoms with Gasteiger partial charge >= 0.3 is 0 Å². The van der Waals surface area contributed by atoms with E-state index in [0.717, 1.165) is 12.8 Å². The highest BCUT2D eigenvalue weighted by Gasteiger charge is 2.43. The minimum Gasteiger partial charge on any atom is -0.0642 e. The lowest BCUT2D eigenvalue weighted by Crippen LogP contribution is -2.26. The second-order valence-electron chi connectivity index (χ2n) is 19.8. The summed E-state index contributed by atoms with van der Waals surface area (Å²) in [7, 11) is 0. The molecular formula is C63H50. The van der Waals surface area contributed by atoms with E-state index in [1.807, 2.05) is 0 Å². The van der Waals surface area contributed by atoms with Crippen LogP contribution in [0.2, 0.25) is 0 Å². The molecule has 0 heteroatoms. The molecule has 0 saturated heterocycles. The molecule has 0 radical (unpaired) electrons. The van der Waals surface area contributed by atoms with Gasteiger partial charge in [-0.15, -0.1) is 0 Å².